The molecule has 5 heteroatoms. The number of carbonyl (C=O) groups excluding carboxylic acids is 2. The van der Waals surface area contributed by atoms with Gasteiger partial charge in [-0.2, -0.15) is 11.4 Å². The number of nitrogens with zero attached hydrogens (tertiary/aromatic N) is 2. The minimum Gasteiger partial charge on any atom is -0.658 e. The summed E-state index contributed by atoms with van der Waals surface area (Å²) in [5, 5.41) is 9.27. The summed E-state index contributed by atoms with van der Waals surface area (Å²) in [6, 6.07) is 21.8. The van der Waals surface area contributed by atoms with E-state index in [0.717, 1.165) is 0 Å². The summed E-state index contributed by atoms with van der Waals surface area (Å²) in [4.78, 5) is 23.7. The third-order valence-corrected chi connectivity index (χ3v) is 3.93. The Kier molecular flexibility index (Phi) is 7.09. The Bertz CT molecular complexity index is 891. The molecule has 0 heterocycles. The zero-order chi connectivity index (χ0) is 18.5. The number of hydrogen-bond donors (Lipinski definition) is 0. The molecule has 0 aliphatic carbocycles. The molecule has 138 valence electrons. The number of benzene rings is 3. The van der Waals surface area contributed by atoms with E-state index in [1.807, 2.05) is 48.5 Å². The van der Waals surface area contributed by atoms with E-state index >= 15 is 0 Å². The van der Waals surface area contributed by atoms with Gasteiger partial charge in [0.1, 0.15) is 0 Å². The monoisotopic (exact) mass is 537 g/mol. The van der Waals surface area contributed by atoms with Gasteiger partial charge in [-0.1, -0.05) is 72.8 Å². The molecule has 3 rings (SSSR count). The van der Waals surface area contributed by atoms with Crippen molar-refractivity contribution in [1.82, 2.24) is 0 Å². The van der Waals surface area contributed by atoms with Crippen LogP contribution in [0.4, 0.5) is 22.7 Å². The van der Waals surface area contributed by atoms with E-state index in [4.69, 9.17) is 0 Å². The molecule has 27 heavy (non-hydrogen) atoms. The van der Waals surface area contributed by atoms with Crippen LogP contribution in [-0.4, -0.2) is 11.6 Å². The van der Waals surface area contributed by atoms with Crippen LogP contribution in [0.5, 0.6) is 0 Å². The van der Waals surface area contributed by atoms with Crippen LogP contribution >= 0.6 is 0 Å². The van der Waals surface area contributed by atoms with Gasteiger partial charge in [-0.25, -0.2) is 0 Å². The van der Waals surface area contributed by atoms with Gasteiger partial charge in [0.05, 0.1) is 0 Å². The van der Waals surface area contributed by atoms with Gasteiger partial charge in [0.2, 0.25) is 0 Å². The van der Waals surface area contributed by atoms with Crippen molar-refractivity contribution in [2.45, 2.75) is 13.8 Å². The molecule has 0 N–H and O–H groups in total. The zero-order valence-corrected chi connectivity index (χ0v) is 17.2. The SMILES string of the molecule is CC(=O)c1ccccc1[N-]c1ccccc1[N-]c1ccccc1C(C)=O.[Pt+2]. The molecule has 4 nitrogen and oxygen atoms in total. The molecule has 0 saturated carbocycles. The molecule has 0 atom stereocenters. The Labute approximate surface area is 173 Å². The summed E-state index contributed by atoms with van der Waals surface area (Å²) >= 11 is 0. The van der Waals surface area contributed by atoms with Crippen LogP contribution in [0.1, 0.15) is 34.6 Å². The molecule has 0 aliphatic heterocycles. The maximum Gasteiger partial charge on any atom is 2.00 e. The second-order valence-electron chi connectivity index (χ2n) is 5.86. The van der Waals surface area contributed by atoms with E-state index in [-0.39, 0.29) is 32.6 Å². The predicted molar refractivity (Wildman–Crippen MR) is 105 cm³/mol. The van der Waals surface area contributed by atoms with Gasteiger partial charge in [0.25, 0.3) is 0 Å². The molecule has 0 radical (unpaired) electrons. The molecule has 0 aromatic heterocycles. The molecular formula is C22H18N2O2Pt. The summed E-state index contributed by atoms with van der Waals surface area (Å²) in [5.41, 5.74) is 3.60. The van der Waals surface area contributed by atoms with Crippen molar-refractivity contribution in [3.8, 4) is 0 Å². The number of para-hydroxylation sites is 4. The smallest absolute Gasteiger partial charge is 0.658 e. The van der Waals surface area contributed by atoms with Crippen LogP contribution in [0.2, 0.25) is 0 Å². The van der Waals surface area contributed by atoms with E-state index in [9.17, 15) is 9.59 Å². The van der Waals surface area contributed by atoms with Crippen molar-refractivity contribution in [2.75, 3.05) is 0 Å². The van der Waals surface area contributed by atoms with Crippen LogP contribution in [0.15, 0.2) is 72.8 Å². The number of carbonyl (C=O) groups is 2. The maximum atomic E-state index is 11.8. The number of rotatable bonds is 6. The Morgan fingerprint density at radius 3 is 1.19 bits per heavy atom. The zero-order valence-electron chi connectivity index (χ0n) is 15.0. The number of ketones is 2. The van der Waals surface area contributed by atoms with Gasteiger partial charge in [-0.15, -0.1) is 11.4 Å². The molecule has 3 aromatic rings. The Hall–Kier alpha value is -2.71. The fourth-order valence-corrected chi connectivity index (χ4v) is 2.65. The van der Waals surface area contributed by atoms with Crippen LogP contribution in [0.3, 0.4) is 0 Å². The van der Waals surface area contributed by atoms with E-state index < -0.39 is 0 Å². The number of hydrogen-bond acceptors (Lipinski definition) is 2. The second kappa shape index (κ2) is 9.29. The van der Waals surface area contributed by atoms with Crippen LogP contribution < -0.4 is 0 Å². The predicted octanol–water partition coefficient (Wildman–Crippen LogP) is 6.76. The molecule has 0 spiro atoms. The first-order valence-electron chi connectivity index (χ1n) is 8.28. The summed E-state index contributed by atoms with van der Waals surface area (Å²) in [6.45, 7) is 3.04. The van der Waals surface area contributed by atoms with E-state index in [1.165, 1.54) is 13.8 Å². The third kappa shape index (κ3) is 4.93. The topological polar surface area (TPSA) is 62.3 Å². The molecular weight excluding hydrogens is 519 g/mol. The largest absolute Gasteiger partial charge is 2.00 e. The van der Waals surface area contributed by atoms with Crippen molar-refractivity contribution < 1.29 is 30.7 Å². The molecule has 0 bridgehead atoms. The standard InChI is InChI=1S/C22H20N2O2.Pt/c1-15(25)17-9-3-5-11-19(17)23-21-13-7-8-14-22(21)24-20-12-6-4-10-18(20)16(2)26;/h3-14H,1-2H3,(H2,23,24,25,26);/q;+2/p-2. The summed E-state index contributed by atoms with van der Waals surface area (Å²) in [6.07, 6.45) is 0. The fourth-order valence-electron chi connectivity index (χ4n) is 2.65. The van der Waals surface area contributed by atoms with Crippen molar-refractivity contribution in [2.24, 2.45) is 0 Å². The molecule has 0 amide bonds. The quantitative estimate of drug-likeness (QED) is 0.326. The fraction of sp³-hybridized carbons (Fsp3) is 0.0909. The molecule has 0 aliphatic rings. The van der Waals surface area contributed by atoms with Crippen LogP contribution in [0.25, 0.3) is 10.6 Å². The van der Waals surface area contributed by atoms with Crippen molar-refractivity contribution in [1.29, 1.82) is 0 Å². The molecule has 0 unspecified atom stereocenters. The average molecular weight is 537 g/mol. The van der Waals surface area contributed by atoms with E-state index in [0.29, 0.717) is 33.9 Å². The Balaban J connectivity index is 0.00000261. The third-order valence-electron chi connectivity index (χ3n) is 3.93. The van der Waals surface area contributed by atoms with Crippen LogP contribution in [-0.2, 0) is 21.1 Å². The van der Waals surface area contributed by atoms with Gasteiger partial charge in [-0.05, 0) is 13.8 Å². The molecule has 0 fully saturated rings. The second-order valence-corrected chi connectivity index (χ2v) is 5.86. The molecule has 0 saturated heterocycles. The normalized spacial score (nSPS) is 9.85. The maximum absolute atomic E-state index is 11.8. The Morgan fingerprint density at radius 1 is 0.556 bits per heavy atom. The van der Waals surface area contributed by atoms with Crippen molar-refractivity contribution >= 4 is 34.3 Å². The van der Waals surface area contributed by atoms with Gasteiger partial charge in [0, 0.05) is 11.1 Å². The molecule has 3 aromatic carbocycles. The summed E-state index contributed by atoms with van der Waals surface area (Å²) in [7, 11) is 0. The first-order chi connectivity index (χ1) is 12.6. The van der Waals surface area contributed by atoms with Gasteiger partial charge >= 0.3 is 21.1 Å². The average Bonchev–Trinajstić information content (AvgIpc) is 2.64. The van der Waals surface area contributed by atoms with Gasteiger partial charge in [0.15, 0.2) is 11.6 Å². The van der Waals surface area contributed by atoms with Crippen LogP contribution in [0, 0.1) is 0 Å². The van der Waals surface area contributed by atoms with Gasteiger partial charge < -0.3 is 10.6 Å². The van der Waals surface area contributed by atoms with E-state index in [1.54, 1.807) is 24.3 Å². The Morgan fingerprint density at radius 2 is 0.852 bits per heavy atom. The van der Waals surface area contributed by atoms with Gasteiger partial charge in [-0.3, -0.25) is 9.59 Å². The number of Topliss-reactive ketones (excluding diaryl/α,β-unsaturated/α-hetero) is 2. The van der Waals surface area contributed by atoms with Crippen molar-refractivity contribution in [3.63, 3.8) is 0 Å². The first kappa shape index (κ1) is 20.6. The minimum atomic E-state index is -0.0410. The summed E-state index contributed by atoms with van der Waals surface area (Å²) in [5.74, 6) is -0.0820. The van der Waals surface area contributed by atoms with E-state index in [2.05, 4.69) is 10.6 Å². The summed E-state index contributed by atoms with van der Waals surface area (Å²) < 4.78 is 0. The minimum absolute atomic E-state index is 0. The van der Waals surface area contributed by atoms with Crippen molar-refractivity contribution in [3.05, 3.63) is 94.6 Å². The first-order valence-corrected chi connectivity index (χ1v) is 8.28.